The third kappa shape index (κ3) is 5.59. The Hall–Kier alpha value is -1.10. The first kappa shape index (κ1) is 16.0. The van der Waals surface area contributed by atoms with Gasteiger partial charge in [-0.1, -0.05) is 6.92 Å². The highest BCUT2D eigenvalue weighted by Crippen LogP contribution is 2.18. The second-order valence-corrected chi connectivity index (χ2v) is 4.79. The Labute approximate surface area is 115 Å². The number of nitrogens with zero attached hydrogens (tertiary/aromatic N) is 1. The monoisotopic (exact) mass is 271 g/mol. The van der Waals surface area contributed by atoms with Crippen LogP contribution in [0.25, 0.3) is 0 Å². The Bertz CT molecular complexity index is 293. The molecule has 0 radical (unpaired) electrons. The van der Waals surface area contributed by atoms with Gasteiger partial charge in [-0.3, -0.25) is 9.59 Å². The summed E-state index contributed by atoms with van der Waals surface area (Å²) in [6.07, 6.45) is 3.04. The summed E-state index contributed by atoms with van der Waals surface area (Å²) in [5.41, 5.74) is 0. The number of carbonyl (C=O) groups excluding carboxylic acids is 2. The molecule has 0 saturated carbocycles. The molecule has 0 aromatic carbocycles. The van der Waals surface area contributed by atoms with Crippen molar-refractivity contribution in [2.24, 2.45) is 5.92 Å². The van der Waals surface area contributed by atoms with Crippen LogP contribution < -0.4 is 0 Å². The molecule has 0 spiro atoms. The summed E-state index contributed by atoms with van der Waals surface area (Å²) >= 11 is 0. The number of ether oxygens (including phenoxy) is 2. The van der Waals surface area contributed by atoms with Crippen LogP contribution in [0.4, 0.5) is 0 Å². The summed E-state index contributed by atoms with van der Waals surface area (Å²) < 4.78 is 10.3. The van der Waals surface area contributed by atoms with E-state index in [9.17, 15) is 9.59 Å². The molecular formula is C14H25NO4. The summed E-state index contributed by atoms with van der Waals surface area (Å²) in [7, 11) is 0. The molecule has 1 aliphatic rings. The molecular weight excluding hydrogens is 246 g/mol. The Morgan fingerprint density at radius 1 is 1.26 bits per heavy atom. The third-order valence-corrected chi connectivity index (χ3v) is 3.20. The van der Waals surface area contributed by atoms with Crippen LogP contribution in [-0.4, -0.2) is 49.7 Å². The van der Waals surface area contributed by atoms with Crippen molar-refractivity contribution in [3.05, 3.63) is 0 Å². The number of hydrogen-bond donors (Lipinski definition) is 0. The van der Waals surface area contributed by atoms with Gasteiger partial charge in [0, 0.05) is 19.7 Å². The summed E-state index contributed by atoms with van der Waals surface area (Å²) in [4.78, 5) is 25.4. The van der Waals surface area contributed by atoms with E-state index < -0.39 is 0 Å². The fraction of sp³-hybridized carbons (Fsp3) is 0.857. The number of carbonyl (C=O) groups is 2. The second kappa shape index (κ2) is 8.91. The number of piperidine rings is 1. The van der Waals surface area contributed by atoms with Gasteiger partial charge in [-0.15, -0.1) is 0 Å². The predicted octanol–water partition coefficient (Wildman–Crippen LogP) is 1.60. The first-order chi connectivity index (χ1) is 9.19. The van der Waals surface area contributed by atoms with Crippen LogP contribution in [-0.2, 0) is 19.1 Å². The van der Waals surface area contributed by atoms with Gasteiger partial charge in [0.15, 0.2) is 0 Å². The minimum absolute atomic E-state index is 0.0742. The van der Waals surface area contributed by atoms with E-state index in [1.54, 1.807) is 11.8 Å². The number of rotatable bonds is 7. The van der Waals surface area contributed by atoms with Crippen molar-refractivity contribution in [1.29, 1.82) is 0 Å². The molecule has 0 aromatic rings. The molecule has 1 atom stereocenters. The van der Waals surface area contributed by atoms with Gasteiger partial charge in [-0.05, 0) is 26.2 Å². The maximum atomic E-state index is 12.0. The molecule has 0 N–H and O–H groups in total. The second-order valence-electron chi connectivity index (χ2n) is 4.79. The van der Waals surface area contributed by atoms with E-state index in [-0.39, 0.29) is 17.8 Å². The molecule has 1 aliphatic heterocycles. The summed E-state index contributed by atoms with van der Waals surface area (Å²) in [6, 6.07) is 0. The molecule has 0 aromatic heterocycles. The minimum atomic E-state index is -0.178. The fourth-order valence-electron chi connectivity index (χ4n) is 2.22. The molecule has 1 saturated heterocycles. The average molecular weight is 271 g/mol. The van der Waals surface area contributed by atoms with Crippen molar-refractivity contribution in [3.8, 4) is 0 Å². The molecule has 0 unspecified atom stereocenters. The Kier molecular flexibility index (Phi) is 7.48. The zero-order valence-corrected chi connectivity index (χ0v) is 12.0. The van der Waals surface area contributed by atoms with E-state index in [0.717, 1.165) is 25.8 Å². The summed E-state index contributed by atoms with van der Waals surface area (Å²) in [5, 5.41) is 0. The molecule has 19 heavy (non-hydrogen) atoms. The van der Waals surface area contributed by atoms with E-state index in [4.69, 9.17) is 9.47 Å². The standard InChI is InChI=1S/C14H25NO4/c1-3-9-18-10-7-13(16)15-8-5-6-12(11-15)14(17)19-4-2/h12H,3-11H2,1-2H3/t12-/m1/s1. The molecule has 0 aliphatic carbocycles. The van der Waals surface area contributed by atoms with Crippen molar-refractivity contribution >= 4 is 11.9 Å². The zero-order valence-electron chi connectivity index (χ0n) is 12.0. The van der Waals surface area contributed by atoms with E-state index >= 15 is 0 Å². The van der Waals surface area contributed by atoms with E-state index in [1.807, 2.05) is 6.92 Å². The lowest BCUT2D eigenvalue weighted by molar-refractivity contribution is -0.151. The molecule has 5 nitrogen and oxygen atoms in total. The molecule has 1 fully saturated rings. The van der Waals surface area contributed by atoms with Gasteiger partial charge in [-0.2, -0.15) is 0 Å². The van der Waals surface area contributed by atoms with Crippen molar-refractivity contribution in [2.75, 3.05) is 32.9 Å². The van der Waals surface area contributed by atoms with Crippen LogP contribution in [0.1, 0.15) is 39.5 Å². The highest BCUT2D eigenvalue weighted by atomic mass is 16.5. The van der Waals surface area contributed by atoms with Crippen molar-refractivity contribution in [3.63, 3.8) is 0 Å². The number of amides is 1. The minimum Gasteiger partial charge on any atom is -0.466 e. The van der Waals surface area contributed by atoms with Crippen LogP contribution in [0.2, 0.25) is 0 Å². The third-order valence-electron chi connectivity index (χ3n) is 3.20. The number of esters is 1. The van der Waals surface area contributed by atoms with Crippen LogP contribution in [0, 0.1) is 5.92 Å². The lowest BCUT2D eigenvalue weighted by atomic mass is 9.98. The van der Waals surface area contributed by atoms with E-state index in [0.29, 0.717) is 32.8 Å². The van der Waals surface area contributed by atoms with Gasteiger partial charge in [0.25, 0.3) is 0 Å². The van der Waals surface area contributed by atoms with Gasteiger partial charge in [0.05, 0.1) is 25.6 Å². The Balaban J connectivity index is 2.32. The molecule has 1 rings (SSSR count). The maximum Gasteiger partial charge on any atom is 0.310 e. The van der Waals surface area contributed by atoms with Gasteiger partial charge >= 0.3 is 5.97 Å². The normalized spacial score (nSPS) is 19.3. The quantitative estimate of drug-likeness (QED) is 0.521. The Morgan fingerprint density at radius 2 is 2.05 bits per heavy atom. The number of hydrogen-bond acceptors (Lipinski definition) is 4. The van der Waals surface area contributed by atoms with Gasteiger partial charge in [0.2, 0.25) is 5.91 Å². The van der Waals surface area contributed by atoms with Gasteiger partial charge in [0.1, 0.15) is 0 Å². The molecule has 1 amide bonds. The number of likely N-dealkylation sites (tertiary alicyclic amines) is 1. The van der Waals surface area contributed by atoms with Crippen LogP contribution >= 0.6 is 0 Å². The molecule has 0 bridgehead atoms. The predicted molar refractivity (Wildman–Crippen MR) is 71.7 cm³/mol. The fourth-order valence-corrected chi connectivity index (χ4v) is 2.22. The summed E-state index contributed by atoms with van der Waals surface area (Å²) in [5.74, 6) is -0.262. The molecule has 1 heterocycles. The molecule has 5 heteroatoms. The SMILES string of the molecule is CCCOCCC(=O)N1CCC[C@@H](C(=O)OCC)C1. The highest BCUT2D eigenvalue weighted by Gasteiger charge is 2.28. The van der Waals surface area contributed by atoms with Crippen LogP contribution in [0.3, 0.4) is 0 Å². The van der Waals surface area contributed by atoms with Crippen molar-refractivity contribution < 1.29 is 19.1 Å². The highest BCUT2D eigenvalue weighted by molar-refractivity contribution is 5.78. The van der Waals surface area contributed by atoms with Gasteiger partial charge in [-0.25, -0.2) is 0 Å². The first-order valence-electron chi connectivity index (χ1n) is 7.21. The zero-order chi connectivity index (χ0) is 14.1. The first-order valence-corrected chi connectivity index (χ1v) is 7.21. The van der Waals surface area contributed by atoms with E-state index in [2.05, 4.69) is 0 Å². The lowest BCUT2D eigenvalue weighted by Crippen LogP contribution is -2.43. The van der Waals surface area contributed by atoms with Gasteiger partial charge < -0.3 is 14.4 Å². The topological polar surface area (TPSA) is 55.8 Å². The summed E-state index contributed by atoms with van der Waals surface area (Å²) in [6.45, 7) is 6.62. The average Bonchev–Trinajstić information content (AvgIpc) is 2.44. The smallest absolute Gasteiger partial charge is 0.310 e. The molecule has 110 valence electrons. The lowest BCUT2D eigenvalue weighted by Gasteiger charge is -2.31. The Morgan fingerprint density at radius 3 is 2.74 bits per heavy atom. The maximum absolute atomic E-state index is 12.0. The van der Waals surface area contributed by atoms with Crippen LogP contribution in [0.5, 0.6) is 0 Å². The van der Waals surface area contributed by atoms with Crippen molar-refractivity contribution in [2.45, 2.75) is 39.5 Å². The van der Waals surface area contributed by atoms with E-state index in [1.165, 1.54) is 0 Å². The largest absolute Gasteiger partial charge is 0.466 e. The van der Waals surface area contributed by atoms with Crippen molar-refractivity contribution in [1.82, 2.24) is 4.90 Å². The van der Waals surface area contributed by atoms with Crippen LogP contribution in [0.15, 0.2) is 0 Å².